The Hall–Kier alpha value is -3.27. The van der Waals surface area contributed by atoms with Gasteiger partial charge in [-0.05, 0) is 40.7 Å². The van der Waals surface area contributed by atoms with Crippen molar-refractivity contribution < 1.29 is 9.53 Å². The van der Waals surface area contributed by atoms with Crippen LogP contribution in [-0.2, 0) is 11.3 Å². The van der Waals surface area contributed by atoms with E-state index >= 15 is 0 Å². The van der Waals surface area contributed by atoms with Crippen LogP contribution in [0.5, 0.6) is 5.75 Å². The Bertz CT molecular complexity index is 1070. The van der Waals surface area contributed by atoms with Gasteiger partial charge in [-0.2, -0.15) is 0 Å². The minimum atomic E-state index is -0.211. The maximum absolute atomic E-state index is 13.2. The molecule has 1 aliphatic heterocycles. The number of fused-ring (bicyclic) bond motifs is 1. The molecule has 0 saturated carbocycles. The third kappa shape index (κ3) is 5.39. The Labute approximate surface area is 197 Å². The number of hydrogen-bond donors (Lipinski definition) is 1. The van der Waals surface area contributed by atoms with Crippen molar-refractivity contribution in [2.24, 2.45) is 0 Å². The van der Waals surface area contributed by atoms with E-state index < -0.39 is 0 Å². The lowest BCUT2D eigenvalue weighted by Gasteiger charge is -2.36. The molecule has 0 aliphatic carbocycles. The molecule has 0 bridgehead atoms. The number of nitrogens with zero attached hydrogens (tertiary/aromatic N) is 1. The van der Waals surface area contributed by atoms with Gasteiger partial charge in [-0.3, -0.25) is 4.79 Å². The van der Waals surface area contributed by atoms with Crippen molar-refractivity contribution in [3.05, 3.63) is 89.5 Å². The Balaban J connectivity index is 1.52. The summed E-state index contributed by atoms with van der Waals surface area (Å²) in [4.78, 5) is 15.5. The van der Waals surface area contributed by atoms with Crippen molar-refractivity contribution in [2.45, 2.75) is 58.6 Å². The summed E-state index contributed by atoms with van der Waals surface area (Å²) in [6.07, 6.45) is 0.0983. The molecule has 4 heteroatoms. The molecule has 3 aromatic rings. The molecule has 1 amide bonds. The van der Waals surface area contributed by atoms with Crippen LogP contribution in [0.15, 0.2) is 72.8 Å². The Morgan fingerprint density at radius 2 is 1.55 bits per heavy atom. The van der Waals surface area contributed by atoms with Crippen molar-refractivity contribution in [2.75, 3.05) is 16.8 Å². The number of anilines is 2. The van der Waals surface area contributed by atoms with Crippen LogP contribution in [0.2, 0.25) is 0 Å². The zero-order valence-electron chi connectivity index (χ0n) is 20.0. The summed E-state index contributed by atoms with van der Waals surface area (Å²) < 4.78 is 6.26. The van der Waals surface area contributed by atoms with Crippen molar-refractivity contribution in [1.82, 2.24) is 0 Å². The highest BCUT2D eigenvalue weighted by Crippen LogP contribution is 2.36. The molecular weight excluding hydrogens is 408 g/mol. The highest BCUT2D eigenvalue weighted by atomic mass is 16.5. The zero-order valence-corrected chi connectivity index (χ0v) is 20.0. The molecule has 0 fully saturated rings. The second-order valence-corrected chi connectivity index (χ2v) is 9.45. The lowest BCUT2D eigenvalue weighted by molar-refractivity contribution is -0.117. The Morgan fingerprint density at radius 3 is 2.21 bits per heavy atom. The number of rotatable bonds is 7. The molecule has 4 rings (SSSR count). The van der Waals surface area contributed by atoms with Gasteiger partial charge in [-0.1, -0.05) is 88.4 Å². The van der Waals surface area contributed by atoms with E-state index in [-0.39, 0.29) is 12.0 Å². The fourth-order valence-electron chi connectivity index (χ4n) is 4.53. The molecule has 4 nitrogen and oxygen atoms in total. The lowest BCUT2D eigenvalue weighted by atomic mass is 9.92. The summed E-state index contributed by atoms with van der Waals surface area (Å²) in [6.45, 7) is 10.1. The maximum Gasteiger partial charge on any atom is 0.228 e. The van der Waals surface area contributed by atoms with Crippen LogP contribution in [0.1, 0.15) is 62.6 Å². The summed E-state index contributed by atoms with van der Waals surface area (Å²) in [5.74, 6) is 1.49. The molecule has 1 unspecified atom stereocenters. The van der Waals surface area contributed by atoms with Crippen LogP contribution in [-0.4, -0.2) is 18.6 Å². The number of para-hydroxylation sites is 3. The number of nitrogens with one attached hydrogen (secondary N) is 1. The number of amides is 1. The summed E-state index contributed by atoms with van der Waals surface area (Å²) >= 11 is 0. The van der Waals surface area contributed by atoms with Gasteiger partial charge in [-0.25, -0.2) is 0 Å². The monoisotopic (exact) mass is 442 g/mol. The molecule has 0 spiro atoms. The Morgan fingerprint density at radius 1 is 0.909 bits per heavy atom. The van der Waals surface area contributed by atoms with E-state index in [0.717, 1.165) is 23.7 Å². The van der Waals surface area contributed by atoms with Crippen LogP contribution >= 0.6 is 0 Å². The van der Waals surface area contributed by atoms with Gasteiger partial charge in [0.05, 0.1) is 18.7 Å². The first-order valence-corrected chi connectivity index (χ1v) is 11.9. The van der Waals surface area contributed by atoms with Crippen molar-refractivity contribution in [3.8, 4) is 5.75 Å². The van der Waals surface area contributed by atoms with E-state index in [1.807, 2.05) is 24.3 Å². The van der Waals surface area contributed by atoms with Gasteiger partial charge in [0, 0.05) is 12.2 Å². The first-order chi connectivity index (χ1) is 15.9. The molecule has 1 heterocycles. The fraction of sp³-hybridized carbons (Fsp3) is 0.345. The molecule has 0 radical (unpaired) electrons. The molecule has 1 atom stereocenters. The summed E-state index contributed by atoms with van der Waals surface area (Å²) in [7, 11) is 0. The minimum absolute atomic E-state index is 0.00552. The predicted molar refractivity (Wildman–Crippen MR) is 136 cm³/mol. The maximum atomic E-state index is 13.2. The van der Waals surface area contributed by atoms with Crippen LogP contribution in [0.25, 0.3) is 0 Å². The van der Waals surface area contributed by atoms with E-state index in [2.05, 4.69) is 86.4 Å². The fourth-order valence-corrected chi connectivity index (χ4v) is 4.53. The summed E-state index contributed by atoms with van der Waals surface area (Å²) in [6, 6.07) is 24.8. The zero-order chi connectivity index (χ0) is 23.4. The van der Waals surface area contributed by atoms with Crippen molar-refractivity contribution >= 4 is 17.3 Å². The van der Waals surface area contributed by atoms with Crippen molar-refractivity contribution in [3.63, 3.8) is 0 Å². The van der Waals surface area contributed by atoms with Gasteiger partial charge in [0.2, 0.25) is 5.91 Å². The number of hydrogen-bond acceptors (Lipinski definition) is 3. The van der Waals surface area contributed by atoms with E-state index in [0.29, 0.717) is 24.8 Å². The van der Waals surface area contributed by atoms with E-state index in [1.54, 1.807) is 0 Å². The molecule has 33 heavy (non-hydrogen) atoms. The standard InChI is InChI=1S/C29H34N2O2/c1-20(2)24-13-10-14-25(21(3)4)29(24)30-28(32)17-23-19-31(18-22-11-6-5-7-12-22)26-15-8-9-16-27(26)33-23/h5-16,20-21,23H,17-19H2,1-4H3,(H,30,32). The third-order valence-corrected chi connectivity index (χ3v) is 6.19. The van der Waals surface area contributed by atoms with Gasteiger partial charge in [0.1, 0.15) is 11.9 Å². The quantitative estimate of drug-likeness (QED) is 0.441. The third-order valence-electron chi connectivity index (χ3n) is 6.19. The van der Waals surface area contributed by atoms with Gasteiger partial charge < -0.3 is 15.0 Å². The minimum Gasteiger partial charge on any atom is -0.486 e. The number of benzene rings is 3. The molecule has 172 valence electrons. The summed E-state index contributed by atoms with van der Waals surface area (Å²) in [5, 5.41) is 3.24. The number of carbonyl (C=O) groups is 1. The second kappa shape index (κ2) is 10.1. The smallest absolute Gasteiger partial charge is 0.228 e. The van der Waals surface area contributed by atoms with Crippen LogP contribution in [0.3, 0.4) is 0 Å². The van der Waals surface area contributed by atoms with Crippen LogP contribution < -0.4 is 15.0 Å². The molecule has 0 aromatic heterocycles. The van der Waals surface area contributed by atoms with Crippen LogP contribution in [0.4, 0.5) is 11.4 Å². The molecular formula is C29H34N2O2. The topological polar surface area (TPSA) is 41.6 Å². The van der Waals surface area contributed by atoms with E-state index in [1.165, 1.54) is 16.7 Å². The average molecular weight is 443 g/mol. The first-order valence-electron chi connectivity index (χ1n) is 11.9. The van der Waals surface area contributed by atoms with Gasteiger partial charge in [0.15, 0.2) is 0 Å². The second-order valence-electron chi connectivity index (χ2n) is 9.45. The van der Waals surface area contributed by atoms with Crippen LogP contribution in [0, 0.1) is 0 Å². The SMILES string of the molecule is CC(C)c1cccc(C(C)C)c1NC(=O)CC1CN(Cc2ccccc2)c2ccccc2O1. The summed E-state index contributed by atoms with van der Waals surface area (Å²) in [5.41, 5.74) is 5.63. The molecule has 3 aromatic carbocycles. The molecule has 1 aliphatic rings. The largest absolute Gasteiger partial charge is 0.486 e. The first kappa shape index (κ1) is 22.9. The number of ether oxygens (including phenoxy) is 1. The number of carbonyl (C=O) groups excluding carboxylic acids is 1. The van der Waals surface area contributed by atoms with Crippen molar-refractivity contribution in [1.29, 1.82) is 0 Å². The predicted octanol–water partition coefficient (Wildman–Crippen LogP) is 6.73. The normalized spacial score (nSPS) is 15.3. The van der Waals surface area contributed by atoms with E-state index in [4.69, 9.17) is 4.74 Å². The Kier molecular flexibility index (Phi) is 7.02. The highest BCUT2D eigenvalue weighted by Gasteiger charge is 2.28. The van der Waals surface area contributed by atoms with Gasteiger partial charge in [0.25, 0.3) is 0 Å². The van der Waals surface area contributed by atoms with Gasteiger partial charge in [-0.15, -0.1) is 0 Å². The molecule has 1 N–H and O–H groups in total. The highest BCUT2D eigenvalue weighted by molar-refractivity contribution is 5.93. The van der Waals surface area contributed by atoms with Gasteiger partial charge >= 0.3 is 0 Å². The average Bonchev–Trinajstić information content (AvgIpc) is 2.79. The van der Waals surface area contributed by atoms with E-state index in [9.17, 15) is 4.79 Å². The lowest BCUT2D eigenvalue weighted by Crippen LogP contribution is -2.41. The molecule has 0 saturated heterocycles.